The van der Waals surface area contributed by atoms with E-state index in [-0.39, 0.29) is 23.6 Å². The minimum Gasteiger partial charge on any atom is -0.481 e. The second-order valence-electron chi connectivity index (χ2n) is 6.07. The summed E-state index contributed by atoms with van der Waals surface area (Å²) in [7, 11) is 0. The first-order valence-corrected chi connectivity index (χ1v) is 6.85. The highest BCUT2D eigenvalue weighted by atomic mass is 16.4. The van der Waals surface area contributed by atoms with E-state index in [1.807, 2.05) is 0 Å². The van der Waals surface area contributed by atoms with Crippen molar-refractivity contribution in [3.8, 4) is 0 Å². The summed E-state index contributed by atoms with van der Waals surface area (Å²) in [5, 5.41) is 17.4. The van der Waals surface area contributed by atoms with Gasteiger partial charge in [0.05, 0.1) is 0 Å². The van der Waals surface area contributed by atoms with E-state index in [1.165, 1.54) is 0 Å². The number of carboxylic acids is 1. The molecule has 118 valence electrons. The summed E-state index contributed by atoms with van der Waals surface area (Å²) in [4.78, 5) is 35.1. The molecule has 0 saturated carbocycles. The Bertz CT molecular complexity index is 585. The third-order valence-electron chi connectivity index (χ3n) is 3.43. The van der Waals surface area contributed by atoms with Gasteiger partial charge in [0.25, 0.3) is 5.56 Å². The summed E-state index contributed by atoms with van der Waals surface area (Å²) < 4.78 is 0. The van der Waals surface area contributed by atoms with Gasteiger partial charge in [0.1, 0.15) is 0 Å². The maximum absolute atomic E-state index is 11.4. The Hall–Kier alpha value is -2.12. The molecule has 0 amide bonds. The van der Waals surface area contributed by atoms with Crippen LogP contribution in [-0.4, -0.2) is 32.8 Å². The van der Waals surface area contributed by atoms with Crippen molar-refractivity contribution in [2.45, 2.75) is 40.0 Å². The topological polar surface area (TPSA) is 128 Å². The SMILES string of the molecule is CC(C)(C)C(CCNc1n[nH]c(=O)[nH]c1=O)CCC(=O)O. The Morgan fingerprint density at radius 1 is 1.33 bits per heavy atom. The molecule has 1 atom stereocenters. The van der Waals surface area contributed by atoms with E-state index in [0.717, 1.165) is 0 Å². The molecule has 0 fully saturated rings. The number of hydrogen-bond donors (Lipinski definition) is 4. The quantitative estimate of drug-likeness (QED) is 0.589. The summed E-state index contributed by atoms with van der Waals surface area (Å²) in [6, 6.07) is 0. The van der Waals surface area contributed by atoms with Gasteiger partial charge in [-0.2, -0.15) is 0 Å². The molecule has 1 aromatic rings. The number of aromatic amines is 2. The highest BCUT2D eigenvalue weighted by Crippen LogP contribution is 2.32. The third-order valence-corrected chi connectivity index (χ3v) is 3.43. The summed E-state index contributed by atoms with van der Waals surface area (Å²) in [6.45, 7) is 6.66. The normalized spacial score (nSPS) is 12.9. The van der Waals surface area contributed by atoms with Crippen LogP contribution in [0, 0.1) is 11.3 Å². The average Bonchev–Trinajstić information content (AvgIpc) is 2.33. The van der Waals surface area contributed by atoms with Crippen LogP contribution in [0.3, 0.4) is 0 Å². The van der Waals surface area contributed by atoms with Gasteiger partial charge in [-0.3, -0.25) is 14.6 Å². The molecule has 0 bridgehead atoms. The molecular formula is C13H22N4O4. The van der Waals surface area contributed by atoms with E-state index < -0.39 is 17.2 Å². The van der Waals surface area contributed by atoms with Crippen LogP contribution < -0.4 is 16.6 Å². The lowest BCUT2D eigenvalue weighted by atomic mass is 9.76. The van der Waals surface area contributed by atoms with E-state index in [0.29, 0.717) is 19.4 Å². The molecule has 0 aliphatic rings. The second kappa shape index (κ2) is 7.05. The zero-order chi connectivity index (χ0) is 16.0. The van der Waals surface area contributed by atoms with Gasteiger partial charge in [0.2, 0.25) is 5.82 Å². The van der Waals surface area contributed by atoms with Gasteiger partial charge < -0.3 is 10.4 Å². The maximum Gasteiger partial charge on any atom is 0.342 e. The number of H-pyrrole nitrogens is 2. The number of carboxylic acid groups (broad SMARTS) is 1. The zero-order valence-electron chi connectivity index (χ0n) is 12.5. The smallest absolute Gasteiger partial charge is 0.342 e. The molecule has 1 aromatic heterocycles. The molecular weight excluding hydrogens is 276 g/mol. The van der Waals surface area contributed by atoms with Gasteiger partial charge in [0.15, 0.2) is 0 Å². The molecule has 1 rings (SSSR count). The first kappa shape index (κ1) is 16.9. The van der Waals surface area contributed by atoms with Gasteiger partial charge >= 0.3 is 11.7 Å². The van der Waals surface area contributed by atoms with Crippen molar-refractivity contribution in [3.63, 3.8) is 0 Å². The lowest BCUT2D eigenvalue weighted by Gasteiger charge is -2.30. The molecule has 0 aromatic carbocycles. The molecule has 0 aliphatic heterocycles. The molecule has 0 radical (unpaired) electrons. The number of rotatable bonds is 7. The van der Waals surface area contributed by atoms with Crippen molar-refractivity contribution in [2.75, 3.05) is 11.9 Å². The Labute approximate surface area is 122 Å². The fourth-order valence-corrected chi connectivity index (χ4v) is 2.14. The van der Waals surface area contributed by atoms with Gasteiger partial charge in [-0.1, -0.05) is 20.8 Å². The monoisotopic (exact) mass is 298 g/mol. The molecule has 0 aliphatic carbocycles. The van der Waals surface area contributed by atoms with Crippen molar-refractivity contribution in [1.29, 1.82) is 0 Å². The van der Waals surface area contributed by atoms with Crippen LogP contribution in [0.1, 0.15) is 40.0 Å². The predicted molar refractivity (Wildman–Crippen MR) is 78.4 cm³/mol. The minimum atomic E-state index is -0.809. The van der Waals surface area contributed by atoms with Crippen LogP contribution in [-0.2, 0) is 4.79 Å². The molecule has 21 heavy (non-hydrogen) atoms. The van der Waals surface area contributed by atoms with Crippen molar-refractivity contribution < 1.29 is 9.90 Å². The number of nitrogens with zero attached hydrogens (tertiary/aromatic N) is 1. The lowest BCUT2D eigenvalue weighted by Crippen LogP contribution is -2.29. The second-order valence-corrected chi connectivity index (χ2v) is 6.07. The van der Waals surface area contributed by atoms with Crippen LogP contribution in [0.25, 0.3) is 0 Å². The van der Waals surface area contributed by atoms with Crippen LogP contribution in [0.15, 0.2) is 9.59 Å². The van der Waals surface area contributed by atoms with Gasteiger partial charge in [-0.25, -0.2) is 9.89 Å². The molecule has 4 N–H and O–H groups in total. The minimum absolute atomic E-state index is 0.0258. The van der Waals surface area contributed by atoms with Crippen molar-refractivity contribution >= 4 is 11.8 Å². The van der Waals surface area contributed by atoms with Gasteiger partial charge in [0, 0.05) is 13.0 Å². The van der Waals surface area contributed by atoms with E-state index in [2.05, 4.69) is 41.3 Å². The van der Waals surface area contributed by atoms with Crippen LogP contribution in [0.5, 0.6) is 0 Å². The number of nitrogens with one attached hydrogen (secondary N) is 3. The van der Waals surface area contributed by atoms with Crippen molar-refractivity contribution in [3.05, 3.63) is 20.8 Å². The van der Waals surface area contributed by atoms with Crippen LogP contribution in [0.4, 0.5) is 5.82 Å². The summed E-state index contributed by atoms with van der Waals surface area (Å²) in [5.41, 5.74) is -1.25. The summed E-state index contributed by atoms with van der Waals surface area (Å²) in [5.74, 6) is -0.556. The largest absolute Gasteiger partial charge is 0.481 e. The molecule has 0 spiro atoms. The number of hydrogen-bond acceptors (Lipinski definition) is 5. The first-order valence-electron chi connectivity index (χ1n) is 6.85. The first-order chi connectivity index (χ1) is 9.70. The molecule has 8 heteroatoms. The molecule has 1 unspecified atom stereocenters. The van der Waals surface area contributed by atoms with E-state index >= 15 is 0 Å². The van der Waals surface area contributed by atoms with Crippen molar-refractivity contribution in [2.24, 2.45) is 11.3 Å². The Morgan fingerprint density at radius 2 is 2.00 bits per heavy atom. The average molecular weight is 298 g/mol. The summed E-state index contributed by atoms with van der Waals surface area (Å²) >= 11 is 0. The molecule has 0 saturated heterocycles. The predicted octanol–water partition coefficient (Wildman–Crippen LogP) is 0.787. The maximum atomic E-state index is 11.4. The number of aliphatic carboxylic acids is 1. The summed E-state index contributed by atoms with van der Waals surface area (Å²) in [6.07, 6.45) is 1.41. The molecule has 1 heterocycles. The highest BCUT2D eigenvalue weighted by Gasteiger charge is 2.24. The van der Waals surface area contributed by atoms with E-state index in [9.17, 15) is 14.4 Å². The van der Waals surface area contributed by atoms with E-state index in [1.54, 1.807) is 0 Å². The highest BCUT2D eigenvalue weighted by molar-refractivity contribution is 5.66. The Kier molecular flexibility index (Phi) is 5.69. The van der Waals surface area contributed by atoms with Gasteiger partial charge in [-0.15, -0.1) is 5.10 Å². The van der Waals surface area contributed by atoms with Crippen LogP contribution in [0.2, 0.25) is 0 Å². The number of carbonyl (C=O) groups is 1. The lowest BCUT2D eigenvalue weighted by molar-refractivity contribution is -0.137. The number of anilines is 1. The van der Waals surface area contributed by atoms with Crippen LogP contribution >= 0.6 is 0 Å². The standard InChI is InChI=1S/C13H22N4O4/c1-13(2,3)8(4-5-9(18)19)6-7-14-10-11(20)15-12(21)17-16-10/h8H,4-7H2,1-3H3,(H,14,16)(H,18,19)(H2,15,17,20,21). The Morgan fingerprint density at radius 3 is 2.52 bits per heavy atom. The molecule has 8 nitrogen and oxygen atoms in total. The number of aromatic nitrogens is 3. The van der Waals surface area contributed by atoms with Crippen molar-refractivity contribution in [1.82, 2.24) is 15.2 Å². The fraction of sp³-hybridized carbons (Fsp3) is 0.692. The fourth-order valence-electron chi connectivity index (χ4n) is 2.14. The zero-order valence-corrected chi connectivity index (χ0v) is 12.5. The third kappa shape index (κ3) is 5.80. The van der Waals surface area contributed by atoms with E-state index in [4.69, 9.17) is 5.11 Å². The van der Waals surface area contributed by atoms with Gasteiger partial charge in [-0.05, 0) is 24.2 Å². The Balaban J connectivity index is 2.59.